The Morgan fingerprint density at radius 3 is 2.56 bits per heavy atom. The highest BCUT2D eigenvalue weighted by Gasteiger charge is 2.26. The summed E-state index contributed by atoms with van der Waals surface area (Å²) in [5.41, 5.74) is 0. The summed E-state index contributed by atoms with van der Waals surface area (Å²) in [6, 6.07) is 15.6. The number of thiophene rings is 1. The lowest BCUT2D eigenvalue weighted by Crippen LogP contribution is -2.41. The molecule has 1 aliphatic rings. The van der Waals surface area contributed by atoms with Gasteiger partial charge in [0.25, 0.3) is 5.91 Å². The molecule has 1 aliphatic heterocycles. The van der Waals surface area contributed by atoms with Crippen molar-refractivity contribution in [1.82, 2.24) is 10.2 Å². The number of likely N-dealkylation sites (tertiary alicyclic amines) is 1. The van der Waals surface area contributed by atoms with Crippen LogP contribution in [0.5, 0.6) is 0 Å². The van der Waals surface area contributed by atoms with Gasteiger partial charge in [0.2, 0.25) is 0 Å². The number of benzene rings is 1. The van der Waals surface area contributed by atoms with Crippen LogP contribution < -0.4 is 5.32 Å². The third-order valence-corrected chi connectivity index (χ3v) is 8.54. The van der Waals surface area contributed by atoms with E-state index in [1.807, 2.05) is 6.07 Å². The molecule has 4 rings (SSSR count). The summed E-state index contributed by atoms with van der Waals surface area (Å²) in [7, 11) is -3.53. The fourth-order valence-corrected chi connectivity index (χ4v) is 6.11. The molecule has 8 heteroatoms. The van der Waals surface area contributed by atoms with Gasteiger partial charge < -0.3 is 9.73 Å². The summed E-state index contributed by atoms with van der Waals surface area (Å²) in [4.78, 5) is 16.6. The maximum absolute atomic E-state index is 12.7. The van der Waals surface area contributed by atoms with Crippen molar-refractivity contribution in [3.63, 3.8) is 0 Å². The molecule has 1 fully saturated rings. The molecule has 0 bridgehead atoms. The third kappa shape index (κ3) is 5.49. The number of piperidine rings is 1. The molecule has 1 unspecified atom stereocenters. The Bertz CT molecular complexity index is 1120. The van der Waals surface area contributed by atoms with Crippen molar-refractivity contribution in [2.75, 3.05) is 19.6 Å². The molecule has 1 N–H and O–H groups in total. The minimum Gasteiger partial charge on any atom is -0.455 e. The molecule has 1 atom stereocenters. The van der Waals surface area contributed by atoms with Crippen molar-refractivity contribution in [2.45, 2.75) is 36.5 Å². The summed E-state index contributed by atoms with van der Waals surface area (Å²) in [5.74, 6) is 0.492. The molecule has 3 heterocycles. The van der Waals surface area contributed by atoms with Gasteiger partial charge in [-0.1, -0.05) is 31.2 Å². The summed E-state index contributed by atoms with van der Waals surface area (Å²) in [5, 5.41) is 5.04. The predicted molar refractivity (Wildman–Crippen MR) is 125 cm³/mol. The van der Waals surface area contributed by atoms with Crippen LogP contribution in [0.1, 0.15) is 47.0 Å². The van der Waals surface area contributed by atoms with Crippen LogP contribution in [0.25, 0.3) is 0 Å². The maximum atomic E-state index is 12.7. The van der Waals surface area contributed by atoms with E-state index >= 15 is 0 Å². The second-order valence-corrected chi connectivity index (χ2v) is 11.3. The molecule has 170 valence electrons. The zero-order chi connectivity index (χ0) is 22.6. The van der Waals surface area contributed by atoms with Crippen LogP contribution in [0, 0.1) is 5.92 Å². The van der Waals surface area contributed by atoms with Crippen molar-refractivity contribution in [3.05, 3.63) is 76.4 Å². The Kier molecular flexibility index (Phi) is 7.13. The fraction of sp³-hybridized carbons (Fsp3) is 0.375. The number of rotatable bonds is 8. The van der Waals surface area contributed by atoms with Crippen LogP contribution in [-0.2, 0) is 15.6 Å². The number of sulfone groups is 1. The SMILES string of the molecule is CC1CCN(C(CNC(=O)c2ccc(CS(=O)(=O)c3ccccc3)o2)c2cccs2)CC1. The number of furan rings is 1. The maximum Gasteiger partial charge on any atom is 0.287 e. The van der Waals surface area contributed by atoms with Gasteiger partial charge in [-0.05, 0) is 67.6 Å². The van der Waals surface area contributed by atoms with Crippen LogP contribution in [0.4, 0.5) is 0 Å². The minimum atomic E-state index is -3.53. The normalized spacial score (nSPS) is 16.7. The predicted octanol–water partition coefficient (Wildman–Crippen LogP) is 4.52. The molecule has 3 aromatic rings. The number of carbonyl (C=O) groups excluding carboxylic acids is 1. The molecule has 1 saturated heterocycles. The Labute approximate surface area is 193 Å². The number of amides is 1. The second kappa shape index (κ2) is 10.0. The topological polar surface area (TPSA) is 79.6 Å². The van der Waals surface area contributed by atoms with E-state index in [1.165, 1.54) is 10.9 Å². The van der Waals surface area contributed by atoms with Crippen molar-refractivity contribution in [3.8, 4) is 0 Å². The molecule has 0 aliphatic carbocycles. The molecule has 1 aromatic carbocycles. The van der Waals surface area contributed by atoms with Crippen LogP contribution in [-0.4, -0.2) is 38.9 Å². The molecule has 0 radical (unpaired) electrons. The summed E-state index contributed by atoms with van der Waals surface area (Å²) >= 11 is 1.70. The van der Waals surface area contributed by atoms with Gasteiger partial charge >= 0.3 is 0 Å². The summed E-state index contributed by atoms with van der Waals surface area (Å²) in [6.07, 6.45) is 2.32. The first kappa shape index (κ1) is 22.8. The van der Waals surface area contributed by atoms with Gasteiger partial charge in [0.15, 0.2) is 15.6 Å². The Balaban J connectivity index is 1.40. The fourth-order valence-electron chi connectivity index (χ4n) is 3.98. The molecule has 6 nitrogen and oxygen atoms in total. The minimum absolute atomic E-state index is 0.124. The van der Waals surface area contributed by atoms with E-state index in [0.717, 1.165) is 31.8 Å². The van der Waals surface area contributed by atoms with E-state index in [-0.39, 0.29) is 34.1 Å². The van der Waals surface area contributed by atoms with E-state index in [4.69, 9.17) is 4.42 Å². The van der Waals surface area contributed by atoms with Gasteiger partial charge in [-0.15, -0.1) is 11.3 Å². The van der Waals surface area contributed by atoms with Gasteiger partial charge in [0.1, 0.15) is 11.5 Å². The van der Waals surface area contributed by atoms with Crippen LogP contribution in [0.2, 0.25) is 0 Å². The van der Waals surface area contributed by atoms with Gasteiger partial charge in [-0.3, -0.25) is 9.69 Å². The van der Waals surface area contributed by atoms with Crippen LogP contribution >= 0.6 is 11.3 Å². The zero-order valence-electron chi connectivity index (χ0n) is 18.1. The average Bonchev–Trinajstić information content (AvgIpc) is 3.48. The molecule has 0 spiro atoms. The molecule has 0 saturated carbocycles. The van der Waals surface area contributed by atoms with E-state index < -0.39 is 9.84 Å². The zero-order valence-corrected chi connectivity index (χ0v) is 19.7. The smallest absolute Gasteiger partial charge is 0.287 e. The lowest BCUT2D eigenvalue weighted by atomic mass is 9.97. The quantitative estimate of drug-likeness (QED) is 0.522. The lowest BCUT2D eigenvalue weighted by Gasteiger charge is -2.36. The molecule has 1 amide bonds. The van der Waals surface area contributed by atoms with E-state index in [2.05, 4.69) is 28.6 Å². The average molecular weight is 473 g/mol. The van der Waals surface area contributed by atoms with E-state index in [9.17, 15) is 13.2 Å². The van der Waals surface area contributed by atoms with Crippen molar-refractivity contribution >= 4 is 27.1 Å². The molecular formula is C24H28N2O4S2. The number of hydrogen-bond acceptors (Lipinski definition) is 6. The Morgan fingerprint density at radius 1 is 1.12 bits per heavy atom. The molecule has 2 aromatic heterocycles. The van der Waals surface area contributed by atoms with Gasteiger partial charge in [0.05, 0.1) is 10.9 Å². The van der Waals surface area contributed by atoms with E-state index in [1.54, 1.807) is 47.7 Å². The van der Waals surface area contributed by atoms with Gasteiger partial charge in [-0.25, -0.2) is 8.42 Å². The number of nitrogens with one attached hydrogen (secondary N) is 1. The number of nitrogens with zero attached hydrogens (tertiary/aromatic N) is 1. The first-order chi connectivity index (χ1) is 15.4. The van der Waals surface area contributed by atoms with E-state index in [0.29, 0.717) is 6.54 Å². The third-order valence-electron chi connectivity index (χ3n) is 5.91. The Hall–Kier alpha value is -2.42. The van der Waals surface area contributed by atoms with Crippen molar-refractivity contribution in [1.29, 1.82) is 0 Å². The van der Waals surface area contributed by atoms with Gasteiger partial charge in [0, 0.05) is 11.4 Å². The summed E-state index contributed by atoms with van der Waals surface area (Å²) < 4.78 is 30.7. The first-order valence-corrected chi connectivity index (χ1v) is 13.4. The van der Waals surface area contributed by atoms with Crippen LogP contribution in [0.15, 0.2) is 69.3 Å². The Morgan fingerprint density at radius 2 is 1.88 bits per heavy atom. The highest BCUT2D eigenvalue weighted by molar-refractivity contribution is 7.90. The van der Waals surface area contributed by atoms with Crippen molar-refractivity contribution in [2.24, 2.45) is 5.92 Å². The second-order valence-electron chi connectivity index (χ2n) is 8.30. The number of hydrogen-bond donors (Lipinski definition) is 1. The van der Waals surface area contributed by atoms with Gasteiger partial charge in [-0.2, -0.15) is 0 Å². The highest BCUT2D eigenvalue weighted by Crippen LogP contribution is 2.29. The number of carbonyl (C=O) groups is 1. The highest BCUT2D eigenvalue weighted by atomic mass is 32.2. The standard InChI is InChI=1S/C24H28N2O4S2/c1-18-11-13-26(14-12-18)21(23-8-5-15-31-23)16-25-24(27)22-10-9-19(30-22)17-32(28,29)20-6-3-2-4-7-20/h2-10,15,18,21H,11-14,16-17H2,1H3,(H,25,27). The largest absolute Gasteiger partial charge is 0.455 e. The first-order valence-electron chi connectivity index (χ1n) is 10.8. The molecular weight excluding hydrogens is 444 g/mol. The lowest BCUT2D eigenvalue weighted by molar-refractivity contribution is 0.0887. The van der Waals surface area contributed by atoms with Crippen LogP contribution in [0.3, 0.4) is 0 Å². The van der Waals surface area contributed by atoms with Crippen molar-refractivity contribution < 1.29 is 17.6 Å². The monoisotopic (exact) mass is 472 g/mol. The molecule has 32 heavy (non-hydrogen) atoms. The summed E-state index contributed by atoms with van der Waals surface area (Å²) in [6.45, 7) is 4.79.